The smallest absolute Gasteiger partial charge is 0.317 e. The second-order valence-corrected chi connectivity index (χ2v) is 6.00. The second kappa shape index (κ2) is 7.43. The minimum atomic E-state index is 0.0372. The Morgan fingerprint density at radius 1 is 1.16 bits per heavy atom. The molecule has 1 aliphatic heterocycles. The highest BCUT2D eigenvalue weighted by Crippen LogP contribution is 2.12. The molecule has 1 N–H and O–H groups in total. The zero-order valence-corrected chi connectivity index (χ0v) is 12.3. The van der Waals surface area contributed by atoms with Crippen molar-refractivity contribution >= 4 is 17.4 Å². The SMILES string of the molecule is CCc1nnc(CNC(=O)N2CCCCCCC2)s1. The molecule has 0 aromatic carbocycles. The molecule has 0 bridgehead atoms. The van der Waals surface area contributed by atoms with Crippen LogP contribution in [-0.2, 0) is 13.0 Å². The van der Waals surface area contributed by atoms with Gasteiger partial charge in [0.15, 0.2) is 0 Å². The summed E-state index contributed by atoms with van der Waals surface area (Å²) in [6.07, 6.45) is 6.91. The van der Waals surface area contributed by atoms with Crippen LogP contribution in [0.15, 0.2) is 0 Å². The van der Waals surface area contributed by atoms with Gasteiger partial charge < -0.3 is 10.2 Å². The van der Waals surface area contributed by atoms with Gasteiger partial charge in [0.2, 0.25) is 0 Å². The lowest BCUT2D eigenvalue weighted by molar-refractivity contribution is 0.191. The molecule has 0 unspecified atom stereocenters. The first-order valence-electron chi connectivity index (χ1n) is 7.13. The van der Waals surface area contributed by atoms with Crippen molar-refractivity contribution in [2.75, 3.05) is 13.1 Å². The summed E-state index contributed by atoms with van der Waals surface area (Å²) >= 11 is 1.57. The van der Waals surface area contributed by atoms with E-state index in [4.69, 9.17) is 0 Å². The molecule has 1 aromatic heterocycles. The fourth-order valence-electron chi connectivity index (χ4n) is 2.22. The zero-order valence-electron chi connectivity index (χ0n) is 11.5. The monoisotopic (exact) mass is 282 g/mol. The normalized spacial score (nSPS) is 16.8. The third-order valence-corrected chi connectivity index (χ3v) is 4.41. The molecule has 0 radical (unpaired) electrons. The summed E-state index contributed by atoms with van der Waals surface area (Å²) in [5.74, 6) is 0. The minimum Gasteiger partial charge on any atom is -0.331 e. The number of hydrogen-bond acceptors (Lipinski definition) is 4. The molecule has 2 amide bonds. The minimum absolute atomic E-state index is 0.0372. The molecule has 19 heavy (non-hydrogen) atoms. The summed E-state index contributed by atoms with van der Waals surface area (Å²) in [5.41, 5.74) is 0. The van der Waals surface area contributed by atoms with Crippen molar-refractivity contribution in [3.8, 4) is 0 Å². The number of carbonyl (C=O) groups excluding carboxylic acids is 1. The van der Waals surface area contributed by atoms with Gasteiger partial charge in [-0.05, 0) is 19.3 Å². The van der Waals surface area contributed by atoms with Crippen molar-refractivity contribution in [1.29, 1.82) is 0 Å². The van der Waals surface area contributed by atoms with Gasteiger partial charge in [0.05, 0.1) is 6.54 Å². The summed E-state index contributed by atoms with van der Waals surface area (Å²) in [7, 11) is 0. The van der Waals surface area contributed by atoms with Crippen molar-refractivity contribution in [2.45, 2.75) is 52.0 Å². The van der Waals surface area contributed by atoms with E-state index < -0.39 is 0 Å². The molecular weight excluding hydrogens is 260 g/mol. The molecule has 6 heteroatoms. The van der Waals surface area contributed by atoms with E-state index in [1.807, 2.05) is 4.90 Å². The predicted molar refractivity (Wildman–Crippen MR) is 76.2 cm³/mol. The number of carbonyl (C=O) groups is 1. The molecule has 106 valence electrons. The molecule has 0 spiro atoms. The topological polar surface area (TPSA) is 58.1 Å². The Morgan fingerprint density at radius 3 is 2.42 bits per heavy atom. The number of nitrogens with one attached hydrogen (secondary N) is 1. The molecule has 0 aliphatic carbocycles. The van der Waals surface area contributed by atoms with Crippen LogP contribution in [0.3, 0.4) is 0 Å². The highest BCUT2D eigenvalue weighted by atomic mass is 32.1. The lowest BCUT2D eigenvalue weighted by atomic mass is 10.1. The number of aromatic nitrogens is 2. The van der Waals surface area contributed by atoms with Crippen LogP contribution in [0.5, 0.6) is 0 Å². The molecule has 1 aliphatic rings. The number of aryl methyl sites for hydroxylation is 1. The van der Waals surface area contributed by atoms with E-state index in [0.717, 1.165) is 42.4 Å². The van der Waals surface area contributed by atoms with Crippen molar-refractivity contribution in [2.24, 2.45) is 0 Å². The van der Waals surface area contributed by atoms with Crippen LogP contribution >= 0.6 is 11.3 Å². The number of rotatable bonds is 3. The molecule has 1 saturated heterocycles. The number of nitrogens with zero attached hydrogens (tertiary/aromatic N) is 3. The first-order valence-corrected chi connectivity index (χ1v) is 7.95. The maximum absolute atomic E-state index is 12.1. The number of hydrogen-bond donors (Lipinski definition) is 1. The summed E-state index contributed by atoms with van der Waals surface area (Å²) in [5, 5.41) is 13.0. The van der Waals surface area contributed by atoms with Crippen LogP contribution in [0.1, 0.15) is 49.0 Å². The van der Waals surface area contributed by atoms with Crippen molar-refractivity contribution in [1.82, 2.24) is 20.4 Å². The van der Waals surface area contributed by atoms with Crippen molar-refractivity contribution in [3.05, 3.63) is 10.0 Å². The fraction of sp³-hybridized carbons (Fsp3) is 0.769. The summed E-state index contributed by atoms with van der Waals surface area (Å²) in [6, 6.07) is 0.0372. The van der Waals surface area contributed by atoms with Crippen LogP contribution in [0.4, 0.5) is 4.79 Å². The first kappa shape index (κ1) is 14.2. The van der Waals surface area contributed by atoms with Gasteiger partial charge in [-0.15, -0.1) is 10.2 Å². The standard InChI is InChI=1S/C13H22N4OS/c1-2-11-15-16-12(19-11)10-14-13(18)17-8-6-4-3-5-7-9-17/h2-10H2,1H3,(H,14,18). The molecular formula is C13H22N4OS. The average molecular weight is 282 g/mol. The third-order valence-electron chi connectivity index (χ3n) is 3.35. The molecule has 5 nitrogen and oxygen atoms in total. The van der Waals surface area contributed by atoms with E-state index in [0.29, 0.717) is 6.54 Å². The Balaban J connectivity index is 1.79. The Kier molecular flexibility index (Phi) is 5.57. The molecule has 2 heterocycles. The number of likely N-dealkylation sites (tertiary alicyclic amines) is 1. The summed E-state index contributed by atoms with van der Waals surface area (Å²) in [6.45, 7) is 4.31. The van der Waals surface area contributed by atoms with E-state index in [2.05, 4.69) is 22.4 Å². The van der Waals surface area contributed by atoms with Crippen molar-refractivity contribution < 1.29 is 4.79 Å². The Bertz CT molecular complexity index is 399. The molecule has 1 fully saturated rings. The number of amides is 2. The van der Waals surface area contributed by atoms with Gasteiger partial charge >= 0.3 is 6.03 Å². The quantitative estimate of drug-likeness (QED) is 0.927. The molecule has 1 aromatic rings. The molecule has 0 atom stereocenters. The van der Waals surface area contributed by atoms with Gasteiger partial charge in [-0.25, -0.2) is 4.79 Å². The van der Waals surface area contributed by atoms with Gasteiger partial charge in [-0.1, -0.05) is 37.5 Å². The Morgan fingerprint density at radius 2 is 1.79 bits per heavy atom. The van der Waals surface area contributed by atoms with Crippen LogP contribution in [0, 0.1) is 0 Å². The van der Waals surface area contributed by atoms with E-state index in [1.54, 1.807) is 11.3 Å². The highest BCUT2D eigenvalue weighted by Gasteiger charge is 2.14. The lowest BCUT2D eigenvalue weighted by Gasteiger charge is -2.24. The van der Waals surface area contributed by atoms with Gasteiger partial charge in [0, 0.05) is 13.1 Å². The second-order valence-electron chi connectivity index (χ2n) is 4.86. The number of urea groups is 1. The zero-order chi connectivity index (χ0) is 13.5. The van der Waals surface area contributed by atoms with Gasteiger partial charge in [0.1, 0.15) is 10.0 Å². The highest BCUT2D eigenvalue weighted by molar-refractivity contribution is 7.11. The Hall–Kier alpha value is -1.17. The molecule has 0 saturated carbocycles. The van der Waals surface area contributed by atoms with E-state index in [-0.39, 0.29) is 6.03 Å². The predicted octanol–water partition coefficient (Wildman–Crippen LogP) is 2.58. The van der Waals surface area contributed by atoms with E-state index in [1.165, 1.54) is 19.3 Å². The fourth-order valence-corrected chi connectivity index (χ4v) is 2.94. The van der Waals surface area contributed by atoms with Crippen LogP contribution in [-0.4, -0.2) is 34.2 Å². The van der Waals surface area contributed by atoms with Crippen molar-refractivity contribution in [3.63, 3.8) is 0 Å². The third kappa shape index (κ3) is 4.45. The average Bonchev–Trinajstić information content (AvgIpc) is 2.83. The van der Waals surface area contributed by atoms with Crippen LogP contribution < -0.4 is 5.32 Å². The van der Waals surface area contributed by atoms with E-state index in [9.17, 15) is 4.79 Å². The largest absolute Gasteiger partial charge is 0.331 e. The van der Waals surface area contributed by atoms with E-state index >= 15 is 0 Å². The van der Waals surface area contributed by atoms with Gasteiger partial charge in [-0.3, -0.25) is 0 Å². The van der Waals surface area contributed by atoms with Gasteiger partial charge in [-0.2, -0.15) is 0 Å². The van der Waals surface area contributed by atoms with Crippen LogP contribution in [0.25, 0.3) is 0 Å². The summed E-state index contributed by atoms with van der Waals surface area (Å²) < 4.78 is 0. The molecule has 2 rings (SSSR count). The Labute approximate surface area is 118 Å². The van der Waals surface area contributed by atoms with Gasteiger partial charge in [0.25, 0.3) is 0 Å². The maximum atomic E-state index is 12.1. The lowest BCUT2D eigenvalue weighted by Crippen LogP contribution is -2.41. The maximum Gasteiger partial charge on any atom is 0.317 e. The van der Waals surface area contributed by atoms with Crippen LogP contribution in [0.2, 0.25) is 0 Å². The first-order chi connectivity index (χ1) is 9.29. The summed E-state index contributed by atoms with van der Waals surface area (Å²) in [4.78, 5) is 14.0.